The molecule has 5 aliphatic rings. The number of hydrogen-bond acceptors (Lipinski definition) is 4. The Bertz CT molecular complexity index is 1090. The number of hydrogen-bond donors (Lipinski definition) is 0. The molecule has 1 saturated heterocycles. The molecule has 162 valence electrons. The van der Waals surface area contributed by atoms with E-state index in [2.05, 4.69) is 12.2 Å². The quantitative estimate of drug-likeness (QED) is 0.315. The van der Waals surface area contributed by atoms with E-state index in [1.807, 2.05) is 30.3 Å². The standard InChI is InChI=1S/C26H22FNO4/c27-15-6-8-16(9-7-15)32-26(31)21(12-14-4-2-1-3-5-14)28-24(29)22-17-10-11-18(20-13-19(17)20)23(22)25(28)30/h1-11,17-23H,12-13H2/t17-,18-,19-,20+,21-,22+,23+/m0/s1. The minimum atomic E-state index is -1.07. The minimum Gasteiger partial charge on any atom is -0.425 e. The molecule has 7 atom stereocenters. The fourth-order valence-corrected chi connectivity index (χ4v) is 6.09. The van der Waals surface area contributed by atoms with Crippen molar-refractivity contribution < 1.29 is 23.5 Å². The normalized spacial score (nSPS) is 32.5. The number of ether oxygens (including phenoxy) is 1. The Balaban J connectivity index is 1.33. The van der Waals surface area contributed by atoms with Crippen LogP contribution in [0.3, 0.4) is 0 Å². The number of benzene rings is 2. The highest BCUT2D eigenvalue weighted by molar-refractivity contribution is 6.09. The predicted molar refractivity (Wildman–Crippen MR) is 113 cm³/mol. The van der Waals surface area contributed by atoms with Crippen molar-refractivity contribution in [1.29, 1.82) is 0 Å². The highest BCUT2D eigenvalue weighted by Crippen LogP contribution is 2.65. The molecule has 2 aromatic carbocycles. The third-order valence-electron chi connectivity index (χ3n) is 7.58. The van der Waals surface area contributed by atoms with E-state index in [1.54, 1.807) is 0 Å². The van der Waals surface area contributed by atoms with Crippen LogP contribution in [0.4, 0.5) is 4.39 Å². The van der Waals surface area contributed by atoms with Crippen LogP contribution in [0, 0.1) is 41.3 Å². The van der Waals surface area contributed by atoms with E-state index in [9.17, 15) is 18.8 Å². The van der Waals surface area contributed by atoms with Crippen molar-refractivity contribution in [1.82, 2.24) is 4.90 Å². The Labute approximate surface area is 184 Å². The monoisotopic (exact) mass is 431 g/mol. The summed E-state index contributed by atoms with van der Waals surface area (Å²) in [6, 6.07) is 13.3. The van der Waals surface area contributed by atoms with Crippen LogP contribution >= 0.6 is 0 Å². The zero-order valence-electron chi connectivity index (χ0n) is 17.3. The molecular weight excluding hydrogens is 409 g/mol. The summed E-state index contributed by atoms with van der Waals surface area (Å²) in [5.41, 5.74) is 0.827. The second kappa shape index (κ2) is 7.12. The van der Waals surface area contributed by atoms with Gasteiger partial charge in [-0.05, 0) is 59.9 Å². The van der Waals surface area contributed by atoms with Crippen molar-refractivity contribution >= 4 is 17.8 Å². The van der Waals surface area contributed by atoms with Crippen molar-refractivity contribution in [3.05, 3.63) is 78.1 Å². The van der Waals surface area contributed by atoms with Gasteiger partial charge in [0.1, 0.15) is 17.6 Å². The molecule has 3 fully saturated rings. The van der Waals surface area contributed by atoms with Gasteiger partial charge >= 0.3 is 5.97 Å². The second-order valence-electron chi connectivity index (χ2n) is 9.28. The van der Waals surface area contributed by atoms with Gasteiger partial charge in [-0.25, -0.2) is 9.18 Å². The maximum Gasteiger partial charge on any atom is 0.335 e. The van der Waals surface area contributed by atoms with Gasteiger partial charge < -0.3 is 4.74 Å². The lowest BCUT2D eigenvalue weighted by molar-refractivity contribution is -0.153. The molecule has 5 nitrogen and oxygen atoms in total. The molecule has 7 rings (SSSR count). The summed E-state index contributed by atoms with van der Waals surface area (Å²) in [6.07, 6.45) is 5.47. The Morgan fingerprint density at radius 1 is 0.938 bits per heavy atom. The maximum absolute atomic E-state index is 13.6. The first-order valence-corrected chi connectivity index (χ1v) is 11.1. The number of allylic oxidation sites excluding steroid dienone is 2. The number of carbonyl (C=O) groups excluding carboxylic acids is 3. The van der Waals surface area contributed by atoms with Gasteiger partial charge in [0.15, 0.2) is 0 Å². The molecule has 0 spiro atoms. The molecule has 2 saturated carbocycles. The zero-order chi connectivity index (χ0) is 22.0. The van der Waals surface area contributed by atoms with Crippen LogP contribution in [-0.4, -0.2) is 28.7 Å². The number of rotatable bonds is 5. The average molecular weight is 431 g/mol. The molecule has 0 N–H and O–H groups in total. The van der Waals surface area contributed by atoms with Gasteiger partial charge in [-0.15, -0.1) is 0 Å². The maximum atomic E-state index is 13.6. The lowest BCUT2D eigenvalue weighted by atomic mass is 9.63. The smallest absolute Gasteiger partial charge is 0.335 e. The molecule has 0 unspecified atom stereocenters. The van der Waals surface area contributed by atoms with Crippen LogP contribution in [0.25, 0.3) is 0 Å². The topological polar surface area (TPSA) is 63.7 Å². The number of imide groups is 1. The Morgan fingerprint density at radius 2 is 1.53 bits per heavy atom. The van der Waals surface area contributed by atoms with Gasteiger partial charge in [0.25, 0.3) is 0 Å². The van der Waals surface area contributed by atoms with Gasteiger partial charge in [0.05, 0.1) is 11.8 Å². The molecule has 32 heavy (non-hydrogen) atoms. The molecule has 6 heteroatoms. The second-order valence-corrected chi connectivity index (χ2v) is 9.28. The van der Waals surface area contributed by atoms with Crippen molar-refractivity contribution in [2.75, 3.05) is 0 Å². The fraction of sp³-hybridized carbons (Fsp3) is 0.346. The van der Waals surface area contributed by atoms with E-state index in [-0.39, 0.29) is 47.7 Å². The van der Waals surface area contributed by atoms with Gasteiger partial charge in [-0.3, -0.25) is 14.5 Å². The summed E-state index contributed by atoms with van der Waals surface area (Å²) in [6.45, 7) is 0. The summed E-state index contributed by atoms with van der Waals surface area (Å²) in [7, 11) is 0. The van der Waals surface area contributed by atoms with E-state index in [0.29, 0.717) is 11.8 Å². The first kappa shape index (κ1) is 19.4. The van der Waals surface area contributed by atoms with Gasteiger partial charge in [-0.2, -0.15) is 0 Å². The van der Waals surface area contributed by atoms with Crippen LogP contribution in [0.2, 0.25) is 0 Å². The zero-order valence-corrected chi connectivity index (χ0v) is 17.3. The Kier molecular flexibility index (Phi) is 4.32. The molecule has 2 bridgehead atoms. The van der Waals surface area contributed by atoms with Crippen molar-refractivity contribution in [3.63, 3.8) is 0 Å². The molecular formula is C26H22FNO4. The molecule has 0 aromatic heterocycles. The molecule has 1 heterocycles. The lowest BCUT2D eigenvalue weighted by Crippen LogP contribution is -2.48. The number of likely N-dealkylation sites (tertiary alicyclic amines) is 1. The Hall–Kier alpha value is -3.28. The molecule has 1 aliphatic heterocycles. The number of amides is 2. The van der Waals surface area contributed by atoms with E-state index in [0.717, 1.165) is 12.0 Å². The SMILES string of the molecule is O=C(Oc1ccc(F)cc1)[C@H](Cc1ccccc1)N1C(=O)[C@@H]2[C@H]3C=C[C@@H]([C@@H]4C[C@H]34)[C@H]2C1=O. The van der Waals surface area contributed by atoms with E-state index in [4.69, 9.17) is 4.74 Å². The lowest BCUT2D eigenvalue weighted by Gasteiger charge is -2.37. The van der Waals surface area contributed by atoms with Crippen molar-refractivity contribution in [3.8, 4) is 5.75 Å². The van der Waals surface area contributed by atoms with E-state index >= 15 is 0 Å². The first-order chi connectivity index (χ1) is 15.5. The largest absolute Gasteiger partial charge is 0.425 e. The highest BCUT2D eigenvalue weighted by Gasteiger charge is 2.68. The van der Waals surface area contributed by atoms with Gasteiger partial charge in [-0.1, -0.05) is 42.5 Å². The number of carbonyl (C=O) groups is 3. The van der Waals surface area contributed by atoms with Crippen molar-refractivity contribution in [2.45, 2.75) is 18.9 Å². The molecule has 2 amide bonds. The molecule has 4 aliphatic carbocycles. The van der Waals surface area contributed by atoms with Crippen molar-refractivity contribution in [2.24, 2.45) is 35.5 Å². The van der Waals surface area contributed by atoms with E-state index < -0.39 is 17.8 Å². The van der Waals surface area contributed by atoms with Crippen LogP contribution in [0.5, 0.6) is 5.75 Å². The fourth-order valence-electron chi connectivity index (χ4n) is 6.09. The predicted octanol–water partition coefficient (Wildman–Crippen LogP) is 3.40. The molecule has 0 radical (unpaired) electrons. The van der Waals surface area contributed by atoms with Crippen LogP contribution < -0.4 is 4.74 Å². The average Bonchev–Trinajstić information content (AvgIpc) is 3.58. The minimum absolute atomic E-state index is 0.0851. The van der Waals surface area contributed by atoms with E-state index in [1.165, 1.54) is 29.2 Å². The van der Waals surface area contributed by atoms with Crippen LogP contribution in [-0.2, 0) is 20.8 Å². The number of halogens is 1. The van der Waals surface area contributed by atoms with Gasteiger partial charge in [0, 0.05) is 6.42 Å². The first-order valence-electron chi connectivity index (χ1n) is 11.1. The Morgan fingerprint density at radius 3 is 2.12 bits per heavy atom. The van der Waals surface area contributed by atoms with Crippen LogP contribution in [0.15, 0.2) is 66.7 Å². The summed E-state index contributed by atoms with van der Waals surface area (Å²) in [5.74, 6) is -1.09. The van der Waals surface area contributed by atoms with Crippen LogP contribution in [0.1, 0.15) is 12.0 Å². The third-order valence-corrected chi connectivity index (χ3v) is 7.58. The highest BCUT2D eigenvalue weighted by atomic mass is 19.1. The summed E-state index contributed by atoms with van der Waals surface area (Å²) in [5, 5.41) is 0. The summed E-state index contributed by atoms with van der Waals surface area (Å²) in [4.78, 5) is 41.5. The third kappa shape index (κ3) is 2.93. The summed E-state index contributed by atoms with van der Waals surface area (Å²) >= 11 is 0. The molecule has 2 aromatic rings. The van der Waals surface area contributed by atoms with Gasteiger partial charge in [0.2, 0.25) is 11.8 Å². The number of nitrogens with zero attached hydrogens (tertiary/aromatic N) is 1. The number of esters is 1. The summed E-state index contributed by atoms with van der Waals surface area (Å²) < 4.78 is 18.8.